The molecule has 2 N–H and O–H groups in total. The molecule has 0 saturated heterocycles. The average molecular weight is 257 g/mol. The monoisotopic (exact) mass is 257 g/mol. The SMILES string of the molecule is CN(Cc1cc(N)no1)Cc1coc2ccccc12. The smallest absolute Gasteiger partial charge is 0.167 e. The predicted molar refractivity (Wildman–Crippen MR) is 72.3 cm³/mol. The fraction of sp³-hybridized carbons (Fsp3) is 0.214. The van der Waals surface area contributed by atoms with Crippen molar-refractivity contribution >= 4 is 16.8 Å². The van der Waals surface area contributed by atoms with Crippen LogP contribution in [-0.4, -0.2) is 17.1 Å². The molecular formula is C14H15N3O2. The Balaban J connectivity index is 1.74. The Hall–Kier alpha value is -2.27. The summed E-state index contributed by atoms with van der Waals surface area (Å²) < 4.78 is 10.6. The zero-order valence-electron chi connectivity index (χ0n) is 10.7. The maximum atomic E-state index is 5.53. The topological polar surface area (TPSA) is 68.4 Å². The van der Waals surface area contributed by atoms with E-state index >= 15 is 0 Å². The third-order valence-electron chi connectivity index (χ3n) is 3.00. The lowest BCUT2D eigenvalue weighted by atomic mass is 10.1. The highest BCUT2D eigenvalue weighted by Gasteiger charge is 2.10. The van der Waals surface area contributed by atoms with Gasteiger partial charge in [0.2, 0.25) is 0 Å². The number of nitrogens with zero attached hydrogens (tertiary/aromatic N) is 2. The maximum absolute atomic E-state index is 5.53. The van der Waals surface area contributed by atoms with Crippen molar-refractivity contribution in [3.63, 3.8) is 0 Å². The summed E-state index contributed by atoms with van der Waals surface area (Å²) in [6.45, 7) is 1.43. The number of para-hydroxylation sites is 1. The van der Waals surface area contributed by atoms with Crippen LogP contribution in [0.2, 0.25) is 0 Å². The van der Waals surface area contributed by atoms with Gasteiger partial charge in [0.25, 0.3) is 0 Å². The third kappa shape index (κ3) is 2.46. The van der Waals surface area contributed by atoms with Crippen molar-refractivity contribution in [1.29, 1.82) is 0 Å². The van der Waals surface area contributed by atoms with Gasteiger partial charge in [-0.25, -0.2) is 0 Å². The minimum absolute atomic E-state index is 0.414. The number of nitrogen functional groups attached to an aromatic ring is 1. The van der Waals surface area contributed by atoms with Crippen molar-refractivity contribution in [2.45, 2.75) is 13.1 Å². The van der Waals surface area contributed by atoms with Crippen LogP contribution in [-0.2, 0) is 13.1 Å². The van der Waals surface area contributed by atoms with Crippen molar-refractivity contribution < 1.29 is 8.94 Å². The van der Waals surface area contributed by atoms with E-state index in [1.165, 1.54) is 0 Å². The number of furan rings is 1. The number of rotatable bonds is 4. The van der Waals surface area contributed by atoms with E-state index in [0.717, 1.165) is 28.8 Å². The van der Waals surface area contributed by atoms with E-state index < -0.39 is 0 Å². The van der Waals surface area contributed by atoms with Crippen LogP contribution in [0.1, 0.15) is 11.3 Å². The summed E-state index contributed by atoms with van der Waals surface area (Å²) in [4.78, 5) is 2.12. The number of aromatic nitrogens is 1. The number of hydrogen-bond donors (Lipinski definition) is 1. The number of hydrogen-bond acceptors (Lipinski definition) is 5. The van der Waals surface area contributed by atoms with Gasteiger partial charge in [-0.15, -0.1) is 0 Å². The summed E-state index contributed by atoms with van der Waals surface area (Å²) in [7, 11) is 2.01. The molecule has 2 heterocycles. The molecule has 0 radical (unpaired) electrons. The van der Waals surface area contributed by atoms with E-state index in [0.29, 0.717) is 12.4 Å². The van der Waals surface area contributed by atoms with Gasteiger partial charge in [-0.2, -0.15) is 0 Å². The molecule has 0 saturated carbocycles. The van der Waals surface area contributed by atoms with Gasteiger partial charge in [0.05, 0.1) is 12.8 Å². The summed E-state index contributed by atoms with van der Waals surface area (Å²) in [6, 6.07) is 9.75. The van der Waals surface area contributed by atoms with Crippen LogP contribution in [0.5, 0.6) is 0 Å². The summed E-state index contributed by atoms with van der Waals surface area (Å²) >= 11 is 0. The van der Waals surface area contributed by atoms with Crippen molar-refractivity contribution in [2.24, 2.45) is 0 Å². The fourth-order valence-corrected chi connectivity index (χ4v) is 2.17. The van der Waals surface area contributed by atoms with Gasteiger partial charge in [-0.3, -0.25) is 4.90 Å². The van der Waals surface area contributed by atoms with E-state index in [9.17, 15) is 0 Å². The molecule has 5 nitrogen and oxygen atoms in total. The van der Waals surface area contributed by atoms with E-state index in [2.05, 4.69) is 16.1 Å². The second kappa shape index (κ2) is 4.78. The van der Waals surface area contributed by atoms with Crippen molar-refractivity contribution in [3.05, 3.63) is 47.9 Å². The van der Waals surface area contributed by atoms with Crippen molar-refractivity contribution in [1.82, 2.24) is 10.1 Å². The van der Waals surface area contributed by atoms with E-state index in [4.69, 9.17) is 14.7 Å². The summed E-state index contributed by atoms with van der Waals surface area (Å²) in [6.07, 6.45) is 1.80. The molecule has 0 atom stereocenters. The normalized spacial score (nSPS) is 11.5. The average Bonchev–Trinajstić information content (AvgIpc) is 2.97. The summed E-state index contributed by atoms with van der Waals surface area (Å²) in [5, 5.41) is 4.82. The van der Waals surface area contributed by atoms with Gasteiger partial charge < -0.3 is 14.7 Å². The van der Waals surface area contributed by atoms with Crippen molar-refractivity contribution in [2.75, 3.05) is 12.8 Å². The second-order valence-corrected chi connectivity index (χ2v) is 4.65. The molecule has 2 aromatic heterocycles. The molecule has 3 rings (SSSR count). The minimum Gasteiger partial charge on any atom is -0.464 e. The van der Waals surface area contributed by atoms with Crippen LogP contribution in [0.3, 0.4) is 0 Å². The molecule has 0 aliphatic rings. The fourth-order valence-electron chi connectivity index (χ4n) is 2.17. The molecular weight excluding hydrogens is 242 g/mol. The molecule has 0 spiro atoms. The van der Waals surface area contributed by atoms with Crippen LogP contribution >= 0.6 is 0 Å². The van der Waals surface area contributed by atoms with Gasteiger partial charge in [0.1, 0.15) is 5.58 Å². The second-order valence-electron chi connectivity index (χ2n) is 4.65. The maximum Gasteiger partial charge on any atom is 0.167 e. The first kappa shape index (κ1) is 11.8. The quantitative estimate of drug-likeness (QED) is 0.778. The van der Waals surface area contributed by atoms with Gasteiger partial charge in [0, 0.05) is 23.6 Å². The predicted octanol–water partition coefficient (Wildman–Crippen LogP) is 2.64. The lowest BCUT2D eigenvalue weighted by molar-refractivity contribution is 0.267. The molecule has 1 aromatic carbocycles. The van der Waals surface area contributed by atoms with Crippen LogP contribution in [0.15, 0.2) is 45.5 Å². The number of anilines is 1. The Labute approximate surface area is 110 Å². The molecule has 0 fully saturated rings. The van der Waals surface area contributed by atoms with Crippen LogP contribution in [0.4, 0.5) is 5.82 Å². The molecule has 98 valence electrons. The van der Waals surface area contributed by atoms with Gasteiger partial charge in [-0.05, 0) is 13.1 Å². The zero-order chi connectivity index (χ0) is 13.2. The van der Waals surface area contributed by atoms with Gasteiger partial charge >= 0.3 is 0 Å². The van der Waals surface area contributed by atoms with Gasteiger partial charge in [-0.1, -0.05) is 23.4 Å². The van der Waals surface area contributed by atoms with E-state index in [1.807, 2.05) is 25.2 Å². The largest absolute Gasteiger partial charge is 0.464 e. The van der Waals surface area contributed by atoms with E-state index in [-0.39, 0.29) is 0 Å². The summed E-state index contributed by atoms with van der Waals surface area (Å²) in [5.74, 6) is 1.17. The van der Waals surface area contributed by atoms with E-state index in [1.54, 1.807) is 12.3 Å². The lowest BCUT2D eigenvalue weighted by Gasteiger charge is -2.13. The summed E-state index contributed by atoms with van der Waals surface area (Å²) in [5.41, 5.74) is 7.60. The van der Waals surface area contributed by atoms with Crippen LogP contribution in [0.25, 0.3) is 11.0 Å². The molecule has 0 aliphatic carbocycles. The number of nitrogens with two attached hydrogens (primary N) is 1. The minimum atomic E-state index is 0.414. The molecule has 19 heavy (non-hydrogen) atoms. The first-order chi connectivity index (χ1) is 9.22. The van der Waals surface area contributed by atoms with Crippen LogP contribution in [0, 0.1) is 0 Å². The highest BCUT2D eigenvalue weighted by molar-refractivity contribution is 5.80. The zero-order valence-corrected chi connectivity index (χ0v) is 10.7. The number of benzene rings is 1. The molecule has 3 aromatic rings. The highest BCUT2D eigenvalue weighted by atomic mass is 16.5. The Morgan fingerprint density at radius 2 is 2.11 bits per heavy atom. The Morgan fingerprint density at radius 3 is 2.89 bits per heavy atom. The van der Waals surface area contributed by atoms with Gasteiger partial charge in [0.15, 0.2) is 11.6 Å². The standard InChI is InChI=1S/C14H15N3O2/c1-17(8-11-6-14(15)16-19-11)7-10-9-18-13-5-3-2-4-12(10)13/h2-6,9H,7-8H2,1H3,(H2,15,16). The number of fused-ring (bicyclic) bond motifs is 1. The first-order valence-electron chi connectivity index (χ1n) is 6.07. The Morgan fingerprint density at radius 1 is 1.26 bits per heavy atom. The molecule has 0 amide bonds. The molecule has 0 aliphatic heterocycles. The lowest BCUT2D eigenvalue weighted by Crippen LogP contribution is -2.16. The molecule has 0 unspecified atom stereocenters. The highest BCUT2D eigenvalue weighted by Crippen LogP contribution is 2.22. The Bertz CT molecular complexity index is 687. The third-order valence-corrected chi connectivity index (χ3v) is 3.00. The van der Waals surface area contributed by atoms with Crippen LogP contribution < -0.4 is 5.73 Å². The van der Waals surface area contributed by atoms with Crippen molar-refractivity contribution in [3.8, 4) is 0 Å². The Kier molecular flexibility index (Phi) is 2.97. The molecule has 5 heteroatoms. The first-order valence-corrected chi connectivity index (χ1v) is 6.07. The molecule has 0 bridgehead atoms.